The number of thiazole rings is 1. The highest BCUT2D eigenvalue weighted by Crippen LogP contribution is 2.35. The molecule has 0 aliphatic heterocycles. The van der Waals surface area contributed by atoms with E-state index in [0.29, 0.717) is 25.4 Å². The molecule has 0 radical (unpaired) electrons. The van der Waals surface area contributed by atoms with Crippen molar-refractivity contribution in [2.75, 3.05) is 27.4 Å². The number of rotatable bonds is 10. The average Bonchev–Trinajstić information content (AvgIpc) is 3.46. The minimum Gasteiger partial charge on any atom is -0.497 e. The zero-order valence-corrected chi connectivity index (χ0v) is 20.5. The van der Waals surface area contributed by atoms with Crippen LogP contribution in [-0.4, -0.2) is 43.2 Å². The number of fused-ring (bicyclic) bond motifs is 1. The van der Waals surface area contributed by atoms with Crippen molar-refractivity contribution in [2.45, 2.75) is 20.0 Å². The number of benzene rings is 2. The predicted molar refractivity (Wildman–Crippen MR) is 133 cm³/mol. The van der Waals surface area contributed by atoms with E-state index >= 15 is 0 Å². The van der Waals surface area contributed by atoms with E-state index in [-0.39, 0.29) is 12.5 Å². The number of nitrogens with zero attached hydrogens (tertiary/aromatic N) is 2. The van der Waals surface area contributed by atoms with Crippen molar-refractivity contribution >= 4 is 38.7 Å². The van der Waals surface area contributed by atoms with E-state index in [1.807, 2.05) is 30.0 Å². The van der Waals surface area contributed by atoms with Crippen molar-refractivity contribution in [3.63, 3.8) is 0 Å². The Balaban J connectivity index is 1.56. The SMILES string of the molecule is CCOC(=O)CN(Cc1csc(-c2csc3ccccc23)n1)Cc1ccc(OC)cc1OC. The van der Waals surface area contributed by atoms with Crippen molar-refractivity contribution in [3.05, 3.63) is 64.5 Å². The summed E-state index contributed by atoms with van der Waals surface area (Å²) < 4.78 is 17.3. The van der Waals surface area contributed by atoms with Gasteiger partial charge in [0.2, 0.25) is 0 Å². The van der Waals surface area contributed by atoms with Crippen LogP contribution >= 0.6 is 22.7 Å². The Morgan fingerprint density at radius 2 is 1.88 bits per heavy atom. The Hall–Kier alpha value is -2.94. The first kappa shape index (κ1) is 23.2. The molecule has 0 saturated carbocycles. The largest absolute Gasteiger partial charge is 0.497 e. The molecule has 4 aromatic rings. The van der Waals surface area contributed by atoms with Gasteiger partial charge in [-0.1, -0.05) is 24.3 Å². The molecule has 0 amide bonds. The molecular weight excluding hydrogens is 456 g/mol. The van der Waals surface area contributed by atoms with Crippen LogP contribution in [0.1, 0.15) is 18.2 Å². The van der Waals surface area contributed by atoms with Crippen LogP contribution in [0.4, 0.5) is 0 Å². The summed E-state index contributed by atoms with van der Waals surface area (Å²) in [4.78, 5) is 19.2. The van der Waals surface area contributed by atoms with Crippen LogP contribution in [0.5, 0.6) is 11.5 Å². The van der Waals surface area contributed by atoms with E-state index in [2.05, 4.69) is 35.0 Å². The normalized spacial score (nSPS) is 11.2. The lowest BCUT2D eigenvalue weighted by molar-refractivity contribution is -0.144. The van der Waals surface area contributed by atoms with Gasteiger partial charge in [-0.05, 0) is 19.1 Å². The lowest BCUT2D eigenvalue weighted by Gasteiger charge is -2.22. The monoisotopic (exact) mass is 482 g/mol. The number of ether oxygens (including phenoxy) is 3. The average molecular weight is 483 g/mol. The van der Waals surface area contributed by atoms with Crippen LogP contribution in [0.2, 0.25) is 0 Å². The molecule has 2 heterocycles. The molecule has 4 rings (SSSR count). The summed E-state index contributed by atoms with van der Waals surface area (Å²) in [5.41, 5.74) is 3.03. The van der Waals surface area contributed by atoms with Crippen LogP contribution in [0, 0.1) is 0 Å². The standard InChI is InChI=1S/C25H26N2O4S2/c1-4-31-24(28)14-27(12-17-9-10-19(29-2)11-22(17)30-3)13-18-15-33-25(26-18)21-16-32-23-8-6-5-7-20(21)23/h5-11,15-16H,4,12-14H2,1-3H3. The topological polar surface area (TPSA) is 60.9 Å². The lowest BCUT2D eigenvalue weighted by atomic mass is 10.1. The molecule has 0 N–H and O–H groups in total. The smallest absolute Gasteiger partial charge is 0.320 e. The van der Waals surface area contributed by atoms with Gasteiger partial charge in [0.1, 0.15) is 16.5 Å². The summed E-state index contributed by atoms with van der Waals surface area (Å²) in [5, 5.41) is 6.42. The molecule has 0 fully saturated rings. The van der Waals surface area contributed by atoms with E-state index in [4.69, 9.17) is 19.2 Å². The second kappa shape index (κ2) is 10.8. The van der Waals surface area contributed by atoms with Gasteiger partial charge in [-0.15, -0.1) is 22.7 Å². The first-order chi connectivity index (χ1) is 16.1. The summed E-state index contributed by atoms with van der Waals surface area (Å²) in [6.07, 6.45) is 0. The lowest BCUT2D eigenvalue weighted by Crippen LogP contribution is -2.30. The second-order valence-corrected chi connectivity index (χ2v) is 9.19. The number of aromatic nitrogens is 1. The van der Waals surface area contributed by atoms with E-state index in [9.17, 15) is 4.79 Å². The fourth-order valence-corrected chi connectivity index (χ4v) is 5.52. The van der Waals surface area contributed by atoms with E-state index in [1.54, 1.807) is 36.9 Å². The third-order valence-corrected chi connectivity index (χ3v) is 7.08. The Morgan fingerprint density at radius 1 is 1.03 bits per heavy atom. The molecule has 0 atom stereocenters. The Morgan fingerprint density at radius 3 is 2.67 bits per heavy atom. The summed E-state index contributed by atoms with van der Waals surface area (Å²) in [6.45, 7) is 3.36. The van der Waals surface area contributed by atoms with Gasteiger partial charge in [0.05, 0.1) is 33.1 Å². The fraction of sp³-hybridized carbons (Fsp3) is 0.280. The van der Waals surface area contributed by atoms with Gasteiger partial charge >= 0.3 is 5.97 Å². The number of carbonyl (C=O) groups is 1. The van der Waals surface area contributed by atoms with E-state index < -0.39 is 0 Å². The van der Waals surface area contributed by atoms with Gasteiger partial charge in [0, 0.05) is 51.1 Å². The Bertz CT molecular complexity index is 1230. The van der Waals surface area contributed by atoms with Crippen LogP contribution in [-0.2, 0) is 22.6 Å². The van der Waals surface area contributed by atoms with Crippen LogP contribution in [0.15, 0.2) is 53.2 Å². The number of hydrogen-bond donors (Lipinski definition) is 0. The van der Waals surface area contributed by atoms with Gasteiger partial charge in [-0.3, -0.25) is 9.69 Å². The predicted octanol–water partition coefficient (Wildman–Crippen LogP) is 5.61. The first-order valence-electron chi connectivity index (χ1n) is 10.6. The van der Waals surface area contributed by atoms with Crippen molar-refractivity contribution < 1.29 is 19.0 Å². The quantitative estimate of drug-likeness (QED) is 0.274. The highest BCUT2D eigenvalue weighted by molar-refractivity contribution is 7.18. The molecule has 6 nitrogen and oxygen atoms in total. The van der Waals surface area contributed by atoms with Crippen molar-refractivity contribution in [1.29, 1.82) is 0 Å². The number of esters is 1. The summed E-state index contributed by atoms with van der Waals surface area (Å²) in [6, 6.07) is 14.1. The Kier molecular flexibility index (Phi) is 7.59. The number of thiophene rings is 1. The van der Waals surface area contributed by atoms with E-state index in [1.165, 1.54) is 10.1 Å². The maximum Gasteiger partial charge on any atom is 0.320 e. The molecule has 2 aromatic carbocycles. The number of carbonyl (C=O) groups excluding carboxylic acids is 1. The van der Waals surface area contributed by atoms with Gasteiger partial charge in [-0.2, -0.15) is 0 Å². The summed E-state index contributed by atoms with van der Waals surface area (Å²) in [5.74, 6) is 1.18. The van der Waals surface area contributed by atoms with Gasteiger partial charge in [0.25, 0.3) is 0 Å². The molecule has 0 aliphatic carbocycles. The maximum atomic E-state index is 12.3. The molecule has 0 saturated heterocycles. The molecule has 33 heavy (non-hydrogen) atoms. The summed E-state index contributed by atoms with van der Waals surface area (Å²) in [7, 11) is 3.25. The van der Waals surface area contributed by atoms with Gasteiger partial charge in [-0.25, -0.2) is 4.98 Å². The molecule has 0 bridgehead atoms. The van der Waals surface area contributed by atoms with Crippen LogP contribution in [0.25, 0.3) is 20.7 Å². The maximum absolute atomic E-state index is 12.3. The third kappa shape index (κ3) is 5.52. The minimum absolute atomic E-state index is 0.164. The highest BCUT2D eigenvalue weighted by atomic mass is 32.1. The molecule has 0 spiro atoms. The van der Waals surface area contributed by atoms with Gasteiger partial charge < -0.3 is 14.2 Å². The molecular formula is C25H26N2O4S2. The second-order valence-electron chi connectivity index (χ2n) is 7.42. The zero-order valence-electron chi connectivity index (χ0n) is 18.9. The molecule has 0 aliphatic rings. The van der Waals surface area contributed by atoms with E-state index in [0.717, 1.165) is 27.6 Å². The van der Waals surface area contributed by atoms with Gasteiger partial charge in [0.15, 0.2) is 0 Å². The Labute approximate surface area is 201 Å². The number of methoxy groups -OCH3 is 2. The van der Waals surface area contributed by atoms with Crippen molar-refractivity contribution in [1.82, 2.24) is 9.88 Å². The molecule has 2 aromatic heterocycles. The summed E-state index contributed by atoms with van der Waals surface area (Å²) >= 11 is 3.35. The molecule has 8 heteroatoms. The fourth-order valence-electron chi connectivity index (χ4n) is 3.66. The molecule has 172 valence electrons. The first-order valence-corrected chi connectivity index (χ1v) is 12.4. The van der Waals surface area contributed by atoms with Crippen LogP contribution in [0.3, 0.4) is 0 Å². The van der Waals surface area contributed by atoms with Crippen molar-refractivity contribution in [2.24, 2.45) is 0 Å². The zero-order chi connectivity index (χ0) is 23.2. The van der Waals surface area contributed by atoms with Crippen LogP contribution < -0.4 is 9.47 Å². The highest BCUT2D eigenvalue weighted by Gasteiger charge is 2.18. The number of hydrogen-bond acceptors (Lipinski definition) is 8. The molecule has 0 unspecified atom stereocenters. The minimum atomic E-state index is -0.260. The third-order valence-electron chi connectivity index (χ3n) is 5.19. The van der Waals surface area contributed by atoms with Crippen molar-refractivity contribution in [3.8, 4) is 22.1 Å².